The first-order valence-electron chi connectivity index (χ1n) is 10.2. The lowest BCUT2D eigenvalue weighted by atomic mass is 9.94. The summed E-state index contributed by atoms with van der Waals surface area (Å²) in [5.41, 5.74) is 0.415. The molecule has 0 saturated carbocycles. The average Bonchev–Trinajstić information content (AvgIpc) is 2.85. The molecule has 1 heterocycles. The van der Waals surface area contributed by atoms with E-state index in [1.54, 1.807) is 0 Å². The van der Waals surface area contributed by atoms with Gasteiger partial charge in [0.25, 0.3) is 0 Å². The van der Waals surface area contributed by atoms with Crippen LogP contribution >= 0.6 is 27.5 Å². The van der Waals surface area contributed by atoms with Gasteiger partial charge in [0.05, 0.1) is 29.9 Å². The fraction of sp³-hybridized carbons (Fsp3) is 0.364. The number of aliphatic hydroxyl groups excluding tert-OH is 5. The number of hydrogen-bond donors (Lipinski definition) is 6. The Hall–Kier alpha value is -2.16. The quantitative estimate of drug-likeness (QED) is 0.197. The van der Waals surface area contributed by atoms with E-state index in [1.807, 2.05) is 0 Å². The lowest BCUT2D eigenvalue weighted by molar-refractivity contribution is -0.148. The number of halogens is 3. The molecule has 0 bridgehead atoms. The van der Waals surface area contributed by atoms with Crippen LogP contribution < -0.4 is 10.1 Å². The van der Waals surface area contributed by atoms with Crippen molar-refractivity contribution >= 4 is 49.9 Å². The molecule has 0 aliphatic heterocycles. The van der Waals surface area contributed by atoms with Crippen molar-refractivity contribution < 1.29 is 39.4 Å². The first kappa shape index (κ1) is 27.4. The molecule has 5 atom stereocenters. The van der Waals surface area contributed by atoms with Crippen LogP contribution in [-0.2, 0) is 4.74 Å². The second kappa shape index (κ2) is 11.7. The molecule has 35 heavy (non-hydrogen) atoms. The maximum Gasteiger partial charge on any atom is 0.147 e. The van der Waals surface area contributed by atoms with Gasteiger partial charge in [-0.1, -0.05) is 11.6 Å². The Morgan fingerprint density at radius 1 is 1.06 bits per heavy atom. The van der Waals surface area contributed by atoms with E-state index in [1.165, 1.54) is 44.8 Å². The largest absolute Gasteiger partial charge is 0.496 e. The van der Waals surface area contributed by atoms with Gasteiger partial charge in [-0.2, -0.15) is 0 Å². The molecule has 10 nitrogen and oxygen atoms in total. The molecule has 13 heteroatoms. The van der Waals surface area contributed by atoms with E-state index in [9.17, 15) is 29.9 Å². The lowest BCUT2D eigenvalue weighted by Crippen LogP contribution is -2.48. The maximum atomic E-state index is 14.4. The molecule has 0 fully saturated rings. The van der Waals surface area contributed by atoms with Crippen molar-refractivity contribution in [1.82, 2.24) is 9.97 Å². The van der Waals surface area contributed by atoms with E-state index < -0.39 is 42.9 Å². The van der Waals surface area contributed by atoms with Gasteiger partial charge in [0.1, 0.15) is 54.2 Å². The van der Waals surface area contributed by atoms with Crippen molar-refractivity contribution in [1.29, 1.82) is 0 Å². The Morgan fingerprint density at radius 2 is 1.77 bits per heavy atom. The molecule has 2 aromatic carbocycles. The van der Waals surface area contributed by atoms with Crippen LogP contribution in [0.4, 0.5) is 15.9 Å². The van der Waals surface area contributed by atoms with Crippen molar-refractivity contribution in [2.24, 2.45) is 0 Å². The number of benzene rings is 2. The van der Waals surface area contributed by atoms with Gasteiger partial charge in [0.2, 0.25) is 0 Å². The standard InChI is InChI=1S/C22H24BrClFN3O7/c1-34-16-4-9-14(3-10(16)18(30)20(32)21(33)19(31)17(7-29)35-2)26-8-27-22(9)28-15-6-12(24)11(23)5-13(15)25/h3-6,8,17-21,29-33H,7H2,1-2H3,(H,26,27,28)/t17-,18?,19+,20-,21-/m0/s1. The summed E-state index contributed by atoms with van der Waals surface area (Å²) < 4.78 is 25.0. The molecule has 0 radical (unpaired) electrons. The Kier molecular flexibility index (Phi) is 9.18. The van der Waals surface area contributed by atoms with Crippen LogP contribution in [0.2, 0.25) is 5.02 Å². The number of fused-ring (bicyclic) bond motifs is 1. The Balaban J connectivity index is 1.98. The topological polar surface area (TPSA) is 157 Å². The second-order valence-corrected chi connectivity index (χ2v) is 8.84. The van der Waals surface area contributed by atoms with E-state index in [0.29, 0.717) is 15.4 Å². The predicted octanol–water partition coefficient (Wildman–Crippen LogP) is 2.06. The third kappa shape index (κ3) is 5.81. The van der Waals surface area contributed by atoms with Crippen molar-refractivity contribution in [3.05, 3.63) is 51.5 Å². The number of nitrogens with one attached hydrogen (secondary N) is 1. The average molecular weight is 577 g/mol. The number of aromatic nitrogens is 2. The number of hydrogen-bond acceptors (Lipinski definition) is 10. The van der Waals surface area contributed by atoms with Gasteiger partial charge >= 0.3 is 0 Å². The zero-order chi connectivity index (χ0) is 25.9. The molecule has 0 spiro atoms. The normalized spacial score (nSPS) is 15.9. The highest BCUT2D eigenvalue weighted by Gasteiger charge is 2.36. The van der Waals surface area contributed by atoms with E-state index in [0.717, 1.165) is 0 Å². The summed E-state index contributed by atoms with van der Waals surface area (Å²) in [6.07, 6.45) is -7.12. The zero-order valence-corrected chi connectivity index (χ0v) is 20.9. The number of methoxy groups -OCH3 is 2. The number of ether oxygens (including phenoxy) is 2. The highest BCUT2D eigenvalue weighted by atomic mass is 79.9. The van der Waals surface area contributed by atoms with E-state index in [-0.39, 0.29) is 27.8 Å². The smallest absolute Gasteiger partial charge is 0.147 e. The molecule has 0 aliphatic rings. The second-order valence-electron chi connectivity index (χ2n) is 7.58. The fourth-order valence-electron chi connectivity index (χ4n) is 3.47. The van der Waals surface area contributed by atoms with Gasteiger partial charge in [-0.15, -0.1) is 0 Å². The molecule has 3 aromatic rings. The van der Waals surface area contributed by atoms with Crippen LogP contribution in [0, 0.1) is 5.82 Å². The minimum absolute atomic E-state index is 0.0548. The summed E-state index contributed by atoms with van der Waals surface area (Å²) >= 11 is 9.22. The van der Waals surface area contributed by atoms with Crippen molar-refractivity contribution in [2.45, 2.75) is 30.5 Å². The number of anilines is 2. The third-order valence-corrected chi connectivity index (χ3v) is 6.65. The van der Waals surface area contributed by atoms with Gasteiger partial charge in [0.15, 0.2) is 0 Å². The predicted molar refractivity (Wildman–Crippen MR) is 129 cm³/mol. The van der Waals surface area contributed by atoms with E-state index in [4.69, 9.17) is 21.1 Å². The minimum atomic E-state index is -1.88. The molecular weight excluding hydrogens is 553 g/mol. The Morgan fingerprint density at radius 3 is 2.40 bits per heavy atom. The molecule has 0 amide bonds. The van der Waals surface area contributed by atoms with Crippen molar-refractivity contribution in [3.63, 3.8) is 0 Å². The number of rotatable bonds is 10. The van der Waals surface area contributed by atoms with Gasteiger partial charge in [-0.25, -0.2) is 14.4 Å². The van der Waals surface area contributed by atoms with Crippen LogP contribution in [0.15, 0.2) is 35.1 Å². The molecular formula is C22H24BrClFN3O7. The fourth-order valence-corrected chi connectivity index (χ4v) is 3.95. The van der Waals surface area contributed by atoms with Crippen LogP contribution in [0.3, 0.4) is 0 Å². The molecule has 190 valence electrons. The highest BCUT2D eigenvalue weighted by Crippen LogP contribution is 2.36. The highest BCUT2D eigenvalue weighted by molar-refractivity contribution is 9.10. The summed E-state index contributed by atoms with van der Waals surface area (Å²) in [5, 5.41) is 54.6. The van der Waals surface area contributed by atoms with Crippen molar-refractivity contribution in [2.75, 3.05) is 26.1 Å². The van der Waals surface area contributed by atoms with Crippen LogP contribution in [0.25, 0.3) is 10.9 Å². The summed E-state index contributed by atoms with van der Waals surface area (Å²) in [7, 11) is 2.54. The summed E-state index contributed by atoms with van der Waals surface area (Å²) in [6.45, 7) is -0.617. The molecule has 1 aromatic heterocycles. The van der Waals surface area contributed by atoms with E-state index in [2.05, 4.69) is 31.2 Å². The van der Waals surface area contributed by atoms with Gasteiger partial charge in [-0.05, 0) is 40.2 Å². The first-order valence-corrected chi connectivity index (χ1v) is 11.4. The lowest BCUT2D eigenvalue weighted by Gasteiger charge is -2.30. The van der Waals surface area contributed by atoms with Gasteiger partial charge in [-0.3, -0.25) is 0 Å². The summed E-state index contributed by atoms with van der Waals surface area (Å²) in [4.78, 5) is 8.31. The van der Waals surface area contributed by atoms with Crippen LogP contribution in [-0.4, -0.2) is 80.7 Å². The Bertz CT molecular complexity index is 1190. The molecule has 6 N–H and O–H groups in total. The molecule has 0 saturated heterocycles. The van der Waals surface area contributed by atoms with Crippen molar-refractivity contribution in [3.8, 4) is 5.75 Å². The minimum Gasteiger partial charge on any atom is -0.496 e. The van der Waals surface area contributed by atoms with E-state index >= 15 is 0 Å². The molecule has 1 unspecified atom stereocenters. The van der Waals surface area contributed by atoms with Gasteiger partial charge in [0, 0.05) is 22.5 Å². The Labute approximate surface area is 213 Å². The molecule has 3 rings (SSSR count). The first-order chi connectivity index (χ1) is 16.6. The maximum absolute atomic E-state index is 14.4. The summed E-state index contributed by atoms with van der Waals surface area (Å²) in [5.74, 6) is -0.267. The van der Waals surface area contributed by atoms with Crippen LogP contribution in [0.5, 0.6) is 5.75 Å². The number of nitrogens with zero attached hydrogens (tertiary/aromatic N) is 2. The SMILES string of the molecule is COc1cc2c(Nc3cc(Cl)c(Br)cc3F)ncnc2cc1C(O)[C@H](O)[C@@H](O)[C@H](O)[C@H](CO)OC. The summed E-state index contributed by atoms with van der Waals surface area (Å²) in [6, 6.07) is 5.46. The van der Waals surface area contributed by atoms with Crippen LogP contribution in [0.1, 0.15) is 11.7 Å². The monoisotopic (exact) mass is 575 g/mol. The zero-order valence-electron chi connectivity index (χ0n) is 18.6. The molecule has 0 aliphatic carbocycles. The number of aliphatic hydroxyl groups is 5. The third-order valence-electron chi connectivity index (χ3n) is 5.46. The van der Waals surface area contributed by atoms with Gasteiger partial charge < -0.3 is 40.3 Å².